The Morgan fingerprint density at radius 3 is 1.41 bits per heavy atom. The van der Waals surface area contributed by atoms with E-state index >= 15 is 0 Å². The van der Waals surface area contributed by atoms with Crippen molar-refractivity contribution in [2.24, 2.45) is 0 Å². The summed E-state index contributed by atoms with van der Waals surface area (Å²) in [5, 5.41) is 40.4. The summed E-state index contributed by atoms with van der Waals surface area (Å²) in [6, 6.07) is 0. The zero-order chi connectivity index (χ0) is 16.6. The molecule has 0 aromatic carbocycles. The predicted octanol–water partition coefficient (Wildman–Crippen LogP) is 0.680. The van der Waals surface area contributed by atoms with Crippen LogP contribution < -0.4 is 0 Å². The van der Waals surface area contributed by atoms with Crippen molar-refractivity contribution in [3.8, 4) is 11.1 Å². The van der Waals surface area contributed by atoms with Crippen molar-refractivity contribution in [3.63, 3.8) is 0 Å². The van der Waals surface area contributed by atoms with Crippen LogP contribution in [-0.4, -0.2) is 61.0 Å². The Balaban J connectivity index is 2.92. The number of nitro groups is 2. The molecule has 2 N–H and O–H groups in total. The summed E-state index contributed by atoms with van der Waals surface area (Å²) in [6.07, 6.45) is 0. The molecule has 0 aliphatic rings. The molecule has 0 aliphatic heterocycles. The van der Waals surface area contributed by atoms with Crippen LogP contribution in [0.4, 0.5) is 9.12 Å². The van der Waals surface area contributed by atoms with Gasteiger partial charge >= 0.3 is 132 Å². The van der Waals surface area contributed by atoms with Gasteiger partial charge in [-0.1, -0.05) is 0 Å². The van der Waals surface area contributed by atoms with E-state index in [9.17, 15) is 29.8 Å². The molecule has 22 heavy (non-hydrogen) atoms. The molecule has 0 amide bonds. The number of carboxylic acid groups (broad SMARTS) is 2. The van der Waals surface area contributed by atoms with Crippen molar-refractivity contribution in [1.82, 2.24) is 0 Å². The first-order valence-electron chi connectivity index (χ1n) is 5.24. The van der Waals surface area contributed by atoms with Crippen LogP contribution in [0.1, 0.15) is 20.7 Å². The fraction of sp³-hybridized carbons (Fsp3) is 0. The Kier molecular flexibility index (Phi) is 4.29. The second-order valence-electron chi connectivity index (χ2n) is 3.78. The van der Waals surface area contributed by atoms with E-state index in [1.165, 1.54) is 0 Å². The molecule has 0 spiro atoms. The van der Waals surface area contributed by atoms with Gasteiger partial charge in [-0.25, -0.2) is 0 Å². The Hall–Kier alpha value is -2.26. The van der Waals surface area contributed by atoms with E-state index < -0.39 is 82.2 Å². The molecule has 0 bridgehead atoms. The Labute approximate surface area is 132 Å². The molecule has 2 aromatic heterocycles. The minimum atomic E-state index is -1.49. The second-order valence-corrected chi connectivity index (χ2v) is 7.38. The molecule has 0 unspecified atom stereocenters. The van der Waals surface area contributed by atoms with Crippen molar-refractivity contribution >= 4 is 50.1 Å². The molecule has 12 heteroatoms. The number of carbonyl (C=O) groups is 2. The molecule has 0 radical (unpaired) electrons. The van der Waals surface area contributed by atoms with Crippen molar-refractivity contribution in [3.05, 3.63) is 41.2 Å². The van der Waals surface area contributed by atoms with E-state index in [4.69, 9.17) is 10.2 Å². The molecule has 0 atom stereocenters. The summed E-state index contributed by atoms with van der Waals surface area (Å²) in [5.41, 5.74) is -1.86. The number of hydrogen-bond acceptors (Lipinski definition) is 6. The predicted molar refractivity (Wildman–Crippen MR) is 73.0 cm³/mol. The molecule has 0 aliphatic carbocycles. The molecule has 0 saturated heterocycles. The summed E-state index contributed by atoms with van der Waals surface area (Å²) in [5.74, 6) is -2.99. The standard InChI is InChI=1S/C10H4N2O8Se2/c13-9(14)3-1-21-7(11(17)18)5(3)6-4(10(15)16)2-22-8(6)12(19)20/h1-2H,(H,13,14)(H,15,16). The van der Waals surface area contributed by atoms with Gasteiger partial charge in [-0.05, 0) is 0 Å². The number of rotatable bonds is 5. The van der Waals surface area contributed by atoms with Crippen LogP contribution in [0, 0.1) is 20.2 Å². The Morgan fingerprint density at radius 1 is 0.864 bits per heavy atom. The molecular weight excluding hydrogens is 434 g/mol. The summed E-state index contributed by atoms with van der Waals surface area (Å²) in [4.78, 5) is 45.2. The fourth-order valence-electron chi connectivity index (χ4n) is 1.76. The first kappa shape index (κ1) is 16.1. The molecule has 2 heterocycles. The summed E-state index contributed by atoms with van der Waals surface area (Å²) in [6.45, 7) is 0. The zero-order valence-electron chi connectivity index (χ0n) is 10.2. The maximum atomic E-state index is 11.2. The van der Waals surface area contributed by atoms with E-state index in [1.54, 1.807) is 0 Å². The van der Waals surface area contributed by atoms with Crippen molar-refractivity contribution < 1.29 is 29.6 Å². The quantitative estimate of drug-likeness (QED) is 0.392. The molecule has 2 rings (SSSR count). The van der Waals surface area contributed by atoms with Crippen LogP contribution in [0.25, 0.3) is 11.1 Å². The van der Waals surface area contributed by atoms with E-state index in [1.807, 2.05) is 0 Å². The summed E-state index contributed by atoms with van der Waals surface area (Å²) < 4.78 is -0.992. The molecular formula is C10H4N2O8Se2. The van der Waals surface area contributed by atoms with Gasteiger partial charge in [-0.3, -0.25) is 0 Å². The molecule has 2 aromatic rings. The Morgan fingerprint density at radius 2 is 1.18 bits per heavy atom. The summed E-state index contributed by atoms with van der Waals surface area (Å²) >= 11 is -1.89. The van der Waals surface area contributed by atoms with Crippen LogP contribution in [0.5, 0.6) is 0 Å². The van der Waals surface area contributed by atoms with Crippen LogP contribution in [0.3, 0.4) is 0 Å². The van der Waals surface area contributed by atoms with Gasteiger partial charge in [0, 0.05) is 0 Å². The van der Waals surface area contributed by atoms with Crippen LogP contribution in [-0.2, 0) is 0 Å². The SMILES string of the molecule is O=C(O)c1c[se]c([N+](=O)[O-])c1-c1c(C(=O)O)c[se]c1[N+](=O)[O-]. The summed E-state index contributed by atoms with van der Waals surface area (Å²) in [7, 11) is 0. The normalized spacial score (nSPS) is 10.4. The van der Waals surface area contributed by atoms with E-state index in [-0.39, 0.29) is 0 Å². The third-order valence-corrected chi connectivity index (χ3v) is 6.49. The average molecular weight is 438 g/mol. The molecule has 0 fully saturated rings. The first-order valence-corrected chi connectivity index (χ1v) is 8.93. The first-order chi connectivity index (χ1) is 10.3. The Bertz CT molecular complexity index is 690. The van der Waals surface area contributed by atoms with Crippen molar-refractivity contribution in [2.75, 3.05) is 0 Å². The maximum absolute atomic E-state index is 11.2. The number of carboxylic acids is 2. The van der Waals surface area contributed by atoms with Crippen LogP contribution in [0.15, 0.2) is 9.88 Å². The average Bonchev–Trinajstić information content (AvgIpc) is 3.01. The third kappa shape index (κ3) is 2.60. The number of hydrogen-bond donors (Lipinski definition) is 2. The van der Waals surface area contributed by atoms with Crippen LogP contribution >= 0.6 is 0 Å². The topological polar surface area (TPSA) is 161 Å². The van der Waals surface area contributed by atoms with E-state index in [0.29, 0.717) is 0 Å². The zero-order valence-corrected chi connectivity index (χ0v) is 13.6. The molecule has 0 saturated carbocycles. The van der Waals surface area contributed by atoms with Gasteiger partial charge in [0.05, 0.1) is 0 Å². The number of nitrogens with zero attached hydrogens (tertiary/aromatic N) is 2. The molecule has 10 nitrogen and oxygen atoms in total. The molecule has 114 valence electrons. The van der Waals surface area contributed by atoms with Crippen molar-refractivity contribution in [1.29, 1.82) is 0 Å². The second kappa shape index (κ2) is 5.85. The van der Waals surface area contributed by atoms with Crippen molar-refractivity contribution in [2.45, 2.75) is 0 Å². The minimum absolute atomic E-state index is 0.461. The van der Waals surface area contributed by atoms with Gasteiger partial charge in [-0.2, -0.15) is 0 Å². The van der Waals surface area contributed by atoms with Gasteiger partial charge in [0.2, 0.25) is 0 Å². The van der Waals surface area contributed by atoms with Gasteiger partial charge in [0.15, 0.2) is 0 Å². The monoisotopic (exact) mass is 440 g/mol. The van der Waals surface area contributed by atoms with Crippen LogP contribution in [0.2, 0.25) is 0 Å². The number of aromatic carboxylic acids is 2. The van der Waals surface area contributed by atoms with Gasteiger partial charge < -0.3 is 0 Å². The van der Waals surface area contributed by atoms with E-state index in [2.05, 4.69) is 0 Å². The fourth-order valence-corrected chi connectivity index (χ4v) is 5.39. The third-order valence-electron chi connectivity index (χ3n) is 2.59. The van der Waals surface area contributed by atoms with Gasteiger partial charge in [0.25, 0.3) is 0 Å². The van der Waals surface area contributed by atoms with Gasteiger partial charge in [0.1, 0.15) is 0 Å². The van der Waals surface area contributed by atoms with E-state index in [0.717, 1.165) is 9.88 Å². The van der Waals surface area contributed by atoms with Gasteiger partial charge in [-0.15, -0.1) is 0 Å².